The van der Waals surface area contributed by atoms with Crippen LogP contribution in [0.2, 0.25) is 10.0 Å². The van der Waals surface area contributed by atoms with Crippen LogP contribution in [0.15, 0.2) is 102 Å². The molecular formula is C29H17Cl2N5O2S. The Labute approximate surface area is 236 Å². The summed E-state index contributed by atoms with van der Waals surface area (Å²) in [5, 5.41) is 13.6. The van der Waals surface area contributed by atoms with Crippen LogP contribution in [0.1, 0.15) is 10.4 Å². The first-order chi connectivity index (χ1) is 19.0. The molecule has 1 N–H and O–H groups in total. The second kappa shape index (κ2) is 10.4. The molecule has 6 aromatic rings. The van der Waals surface area contributed by atoms with Crippen LogP contribution in [-0.4, -0.2) is 25.7 Å². The van der Waals surface area contributed by atoms with Crippen molar-refractivity contribution in [3.05, 3.63) is 123 Å². The summed E-state index contributed by atoms with van der Waals surface area (Å²) in [6.07, 6.45) is 0. The van der Waals surface area contributed by atoms with Gasteiger partial charge in [0.2, 0.25) is 5.13 Å². The maximum Gasteiger partial charge on any atom is 0.266 e. The van der Waals surface area contributed by atoms with Gasteiger partial charge >= 0.3 is 0 Å². The summed E-state index contributed by atoms with van der Waals surface area (Å²) in [7, 11) is 0. The molecule has 0 saturated heterocycles. The minimum Gasteiger partial charge on any atom is -0.296 e. The number of anilines is 1. The van der Waals surface area contributed by atoms with Gasteiger partial charge in [-0.1, -0.05) is 58.8 Å². The Morgan fingerprint density at radius 2 is 1.54 bits per heavy atom. The maximum atomic E-state index is 13.6. The molecular weight excluding hydrogens is 553 g/mol. The van der Waals surface area contributed by atoms with Crippen molar-refractivity contribution in [3.8, 4) is 27.6 Å². The van der Waals surface area contributed by atoms with E-state index in [1.54, 1.807) is 41.0 Å². The van der Waals surface area contributed by atoms with Crippen molar-refractivity contribution in [2.75, 3.05) is 5.32 Å². The van der Waals surface area contributed by atoms with Gasteiger partial charge in [-0.05, 0) is 72.8 Å². The number of para-hydroxylation sites is 1. The number of benzene rings is 4. The predicted molar refractivity (Wildman–Crippen MR) is 156 cm³/mol. The Balaban J connectivity index is 1.35. The lowest BCUT2D eigenvalue weighted by molar-refractivity contribution is 0.102. The van der Waals surface area contributed by atoms with Gasteiger partial charge in [0.05, 0.1) is 21.6 Å². The van der Waals surface area contributed by atoms with Gasteiger partial charge < -0.3 is 0 Å². The third-order valence-electron chi connectivity index (χ3n) is 6.01. The fraction of sp³-hybridized carbons (Fsp3) is 0. The molecule has 1 amide bonds. The SMILES string of the molecule is O=C(Nc1nnc(-c2ccc(-n3c(-c4ccccc4Cl)nc4ccccc4c3=O)cc2)s1)c1ccc(Cl)cc1. The fourth-order valence-corrected chi connectivity index (χ4v) is 5.20. The highest BCUT2D eigenvalue weighted by Gasteiger charge is 2.17. The molecule has 0 fully saturated rings. The van der Waals surface area contributed by atoms with E-state index >= 15 is 0 Å². The van der Waals surface area contributed by atoms with E-state index in [0.29, 0.717) is 53.7 Å². The normalized spacial score (nSPS) is 11.0. The van der Waals surface area contributed by atoms with E-state index in [2.05, 4.69) is 15.5 Å². The zero-order chi connectivity index (χ0) is 26.9. The van der Waals surface area contributed by atoms with Crippen LogP contribution < -0.4 is 10.9 Å². The summed E-state index contributed by atoms with van der Waals surface area (Å²) < 4.78 is 1.56. The van der Waals surface area contributed by atoms with Crippen molar-refractivity contribution in [2.24, 2.45) is 0 Å². The van der Waals surface area contributed by atoms with E-state index in [1.165, 1.54) is 11.3 Å². The minimum atomic E-state index is -0.306. The molecule has 0 spiro atoms. The number of rotatable bonds is 5. The number of fused-ring (bicyclic) bond motifs is 1. The first-order valence-electron chi connectivity index (χ1n) is 11.8. The van der Waals surface area contributed by atoms with Gasteiger partial charge in [-0.25, -0.2) is 4.98 Å². The third-order valence-corrected chi connectivity index (χ3v) is 7.48. The van der Waals surface area contributed by atoms with Gasteiger partial charge in [0.1, 0.15) is 10.8 Å². The molecule has 0 aliphatic rings. The van der Waals surface area contributed by atoms with Crippen LogP contribution >= 0.6 is 34.5 Å². The Hall–Kier alpha value is -4.37. The largest absolute Gasteiger partial charge is 0.296 e. The highest BCUT2D eigenvalue weighted by Crippen LogP contribution is 2.31. The van der Waals surface area contributed by atoms with Gasteiger partial charge in [0.15, 0.2) is 0 Å². The van der Waals surface area contributed by atoms with E-state index in [-0.39, 0.29) is 11.5 Å². The molecule has 0 bridgehead atoms. The van der Waals surface area contributed by atoms with E-state index in [1.807, 2.05) is 60.7 Å². The molecule has 2 heterocycles. The number of halogens is 2. The molecule has 0 radical (unpaired) electrons. The van der Waals surface area contributed by atoms with Crippen molar-refractivity contribution in [3.63, 3.8) is 0 Å². The molecule has 190 valence electrons. The van der Waals surface area contributed by atoms with Crippen molar-refractivity contribution < 1.29 is 4.79 Å². The summed E-state index contributed by atoms with van der Waals surface area (Å²) in [6.45, 7) is 0. The Morgan fingerprint density at radius 3 is 2.31 bits per heavy atom. The van der Waals surface area contributed by atoms with Gasteiger partial charge in [-0.2, -0.15) is 0 Å². The van der Waals surface area contributed by atoms with Gasteiger partial charge in [0.25, 0.3) is 11.5 Å². The van der Waals surface area contributed by atoms with E-state index in [9.17, 15) is 9.59 Å². The minimum absolute atomic E-state index is 0.202. The molecule has 0 aliphatic carbocycles. The van der Waals surface area contributed by atoms with Crippen molar-refractivity contribution in [1.82, 2.24) is 19.7 Å². The summed E-state index contributed by atoms with van der Waals surface area (Å²) in [5.41, 5.74) is 2.90. The number of hydrogen-bond donors (Lipinski definition) is 1. The lowest BCUT2D eigenvalue weighted by atomic mass is 10.1. The topological polar surface area (TPSA) is 89.8 Å². The van der Waals surface area contributed by atoms with Crippen molar-refractivity contribution in [1.29, 1.82) is 0 Å². The Morgan fingerprint density at radius 1 is 0.821 bits per heavy atom. The standard InChI is InChI=1S/C29H17Cl2N5O2S/c30-19-13-9-17(10-14-19)26(37)33-29-35-34-27(39-29)18-11-15-20(16-12-18)36-25(21-5-1-3-7-23(21)31)32-24-8-4-2-6-22(24)28(36)38/h1-16H,(H,33,35,37). The van der Waals surface area contributed by atoms with Crippen LogP contribution in [0.25, 0.3) is 38.5 Å². The number of hydrogen-bond acceptors (Lipinski definition) is 6. The summed E-state index contributed by atoms with van der Waals surface area (Å²) in [5.74, 6) is 0.139. The predicted octanol–water partition coefficient (Wildman–Crippen LogP) is 7.13. The maximum absolute atomic E-state index is 13.6. The zero-order valence-electron chi connectivity index (χ0n) is 20.0. The summed E-state index contributed by atoms with van der Waals surface area (Å²) >= 11 is 13.6. The molecule has 39 heavy (non-hydrogen) atoms. The lowest BCUT2D eigenvalue weighted by Crippen LogP contribution is -2.22. The van der Waals surface area contributed by atoms with Crippen LogP contribution in [0, 0.1) is 0 Å². The van der Waals surface area contributed by atoms with Crippen LogP contribution in [0.5, 0.6) is 0 Å². The number of nitrogens with one attached hydrogen (secondary N) is 1. The van der Waals surface area contributed by atoms with Crippen LogP contribution in [0.3, 0.4) is 0 Å². The first kappa shape index (κ1) is 24.9. The highest BCUT2D eigenvalue weighted by molar-refractivity contribution is 7.18. The Bertz CT molecular complexity index is 1900. The van der Waals surface area contributed by atoms with Gasteiger partial charge in [-0.3, -0.25) is 19.5 Å². The van der Waals surface area contributed by atoms with Gasteiger partial charge in [-0.15, -0.1) is 10.2 Å². The van der Waals surface area contributed by atoms with Crippen LogP contribution in [0.4, 0.5) is 5.13 Å². The number of carbonyl (C=O) groups is 1. The zero-order valence-corrected chi connectivity index (χ0v) is 22.3. The first-order valence-corrected chi connectivity index (χ1v) is 13.3. The molecule has 0 aliphatic heterocycles. The second-order valence-corrected chi connectivity index (χ2v) is 10.3. The van der Waals surface area contributed by atoms with Gasteiger partial charge in [0, 0.05) is 21.7 Å². The average Bonchev–Trinajstić information content (AvgIpc) is 3.42. The molecule has 2 aromatic heterocycles. The molecule has 7 nitrogen and oxygen atoms in total. The Kier molecular flexibility index (Phi) is 6.66. The second-order valence-electron chi connectivity index (χ2n) is 8.49. The van der Waals surface area contributed by atoms with E-state index < -0.39 is 0 Å². The number of carbonyl (C=O) groups excluding carboxylic acids is 1. The molecule has 0 unspecified atom stereocenters. The molecule has 4 aromatic carbocycles. The molecule has 0 saturated carbocycles. The molecule has 0 atom stereocenters. The fourth-order valence-electron chi connectivity index (χ4n) is 4.11. The summed E-state index contributed by atoms with van der Waals surface area (Å²) in [6, 6.07) is 28.4. The smallest absolute Gasteiger partial charge is 0.266 e. The molecule has 6 rings (SSSR count). The number of aromatic nitrogens is 4. The molecule has 10 heteroatoms. The monoisotopic (exact) mass is 569 g/mol. The number of amides is 1. The van der Waals surface area contributed by atoms with Crippen LogP contribution in [-0.2, 0) is 0 Å². The van der Waals surface area contributed by atoms with Crippen molar-refractivity contribution >= 4 is 56.5 Å². The highest BCUT2D eigenvalue weighted by atomic mass is 35.5. The van der Waals surface area contributed by atoms with E-state index in [4.69, 9.17) is 28.2 Å². The lowest BCUT2D eigenvalue weighted by Gasteiger charge is -2.15. The number of nitrogens with zero attached hydrogens (tertiary/aromatic N) is 4. The van der Waals surface area contributed by atoms with E-state index in [0.717, 1.165) is 5.56 Å². The van der Waals surface area contributed by atoms with Crippen molar-refractivity contribution in [2.45, 2.75) is 0 Å². The third kappa shape index (κ3) is 4.93. The average molecular weight is 570 g/mol. The quantitative estimate of drug-likeness (QED) is 0.238. The summed E-state index contributed by atoms with van der Waals surface area (Å²) in [4.78, 5) is 30.9.